The van der Waals surface area contributed by atoms with Crippen LogP contribution in [0.4, 0.5) is 0 Å². The highest BCUT2D eigenvalue weighted by atomic mass is 16.5. The first kappa shape index (κ1) is 9.70. The Morgan fingerprint density at radius 1 is 1.00 bits per heavy atom. The number of ether oxygens (including phenoxy) is 2. The Morgan fingerprint density at radius 2 is 1.75 bits per heavy atom. The third-order valence-electron chi connectivity index (χ3n) is 3.46. The summed E-state index contributed by atoms with van der Waals surface area (Å²) in [7, 11) is 0. The van der Waals surface area contributed by atoms with Crippen molar-refractivity contribution in [2.45, 2.75) is 12.8 Å². The first-order chi connectivity index (χ1) is 7.83. The van der Waals surface area contributed by atoms with E-state index in [1.807, 2.05) is 18.2 Å². The van der Waals surface area contributed by atoms with Gasteiger partial charge in [0.15, 0.2) is 0 Å². The van der Waals surface area contributed by atoms with E-state index in [1.165, 1.54) is 5.56 Å². The largest absolute Gasteiger partial charge is 0.493 e. The van der Waals surface area contributed by atoms with Gasteiger partial charge in [-0.2, -0.15) is 0 Å². The van der Waals surface area contributed by atoms with Gasteiger partial charge in [-0.3, -0.25) is 4.79 Å². The summed E-state index contributed by atoms with van der Waals surface area (Å²) < 4.78 is 10.9. The molecule has 3 rings (SSSR count). The number of esters is 1. The van der Waals surface area contributed by atoms with Gasteiger partial charge < -0.3 is 9.47 Å². The molecule has 0 aliphatic carbocycles. The Hall–Kier alpha value is -1.51. The van der Waals surface area contributed by atoms with Crippen molar-refractivity contribution in [2.24, 2.45) is 11.8 Å². The Kier molecular flexibility index (Phi) is 2.31. The summed E-state index contributed by atoms with van der Waals surface area (Å²) >= 11 is 0. The zero-order chi connectivity index (χ0) is 11.0. The summed E-state index contributed by atoms with van der Waals surface area (Å²) in [5.74, 6) is 1.61. The van der Waals surface area contributed by atoms with Gasteiger partial charge in [-0.1, -0.05) is 18.2 Å². The molecule has 16 heavy (non-hydrogen) atoms. The molecule has 1 aromatic carbocycles. The van der Waals surface area contributed by atoms with Gasteiger partial charge in [-0.25, -0.2) is 0 Å². The fraction of sp³-hybridized carbons (Fsp3) is 0.462. The predicted molar refractivity (Wildman–Crippen MR) is 58.2 cm³/mol. The van der Waals surface area contributed by atoms with E-state index in [0.29, 0.717) is 31.5 Å². The lowest BCUT2D eigenvalue weighted by atomic mass is 9.85. The number of carbonyl (C=O) groups excluding carboxylic acids is 1. The molecule has 2 atom stereocenters. The summed E-state index contributed by atoms with van der Waals surface area (Å²) in [6.45, 7) is 1.18. The Labute approximate surface area is 94.4 Å². The number of benzene rings is 1. The molecule has 2 heterocycles. The lowest BCUT2D eigenvalue weighted by Crippen LogP contribution is -2.34. The zero-order valence-corrected chi connectivity index (χ0v) is 9.02. The fourth-order valence-corrected chi connectivity index (χ4v) is 2.49. The van der Waals surface area contributed by atoms with E-state index in [0.717, 1.165) is 12.2 Å². The molecule has 0 spiro atoms. The summed E-state index contributed by atoms with van der Waals surface area (Å²) in [6.07, 6.45) is 1.45. The Morgan fingerprint density at radius 3 is 2.69 bits per heavy atom. The maximum atomic E-state index is 11.2. The summed E-state index contributed by atoms with van der Waals surface area (Å²) in [4.78, 5) is 11.2. The summed E-state index contributed by atoms with van der Waals surface area (Å²) in [5.41, 5.74) is 1.23. The average Bonchev–Trinajstić information content (AvgIpc) is 2.48. The van der Waals surface area contributed by atoms with Crippen LogP contribution in [0.1, 0.15) is 12.0 Å². The van der Waals surface area contributed by atoms with Crippen LogP contribution in [0.15, 0.2) is 24.3 Å². The van der Waals surface area contributed by atoms with E-state index in [9.17, 15) is 4.79 Å². The Bertz CT molecular complexity index is 413. The molecule has 0 bridgehead atoms. The van der Waals surface area contributed by atoms with Crippen LogP contribution in [0.5, 0.6) is 5.75 Å². The van der Waals surface area contributed by atoms with E-state index in [1.54, 1.807) is 0 Å². The molecule has 84 valence electrons. The number of rotatable bonds is 0. The molecular formula is C13H14O3. The first-order valence-corrected chi connectivity index (χ1v) is 5.69. The van der Waals surface area contributed by atoms with Gasteiger partial charge in [0.1, 0.15) is 5.75 Å². The number of fused-ring (bicyclic) bond motifs is 2. The summed E-state index contributed by atoms with van der Waals surface area (Å²) in [6, 6.07) is 8.09. The quantitative estimate of drug-likeness (QED) is 0.623. The molecule has 2 aliphatic rings. The second-order valence-electron chi connectivity index (χ2n) is 4.53. The lowest BCUT2D eigenvalue weighted by Gasteiger charge is -2.27. The number of carbonyl (C=O) groups is 1. The molecule has 0 saturated carbocycles. The minimum Gasteiger partial charge on any atom is -0.493 e. The van der Waals surface area contributed by atoms with E-state index >= 15 is 0 Å². The van der Waals surface area contributed by atoms with Crippen molar-refractivity contribution < 1.29 is 14.3 Å². The van der Waals surface area contributed by atoms with Crippen molar-refractivity contribution >= 4 is 5.97 Å². The minimum atomic E-state index is -0.0872. The van der Waals surface area contributed by atoms with E-state index < -0.39 is 0 Å². The van der Waals surface area contributed by atoms with Gasteiger partial charge in [-0.05, 0) is 18.1 Å². The highest BCUT2D eigenvalue weighted by molar-refractivity contribution is 5.70. The normalized spacial score (nSPS) is 28.1. The van der Waals surface area contributed by atoms with Gasteiger partial charge in [0.2, 0.25) is 0 Å². The second-order valence-corrected chi connectivity index (χ2v) is 4.53. The van der Waals surface area contributed by atoms with E-state index in [2.05, 4.69) is 6.07 Å². The fourth-order valence-electron chi connectivity index (χ4n) is 2.49. The van der Waals surface area contributed by atoms with Gasteiger partial charge in [-0.15, -0.1) is 0 Å². The number of para-hydroxylation sites is 1. The van der Waals surface area contributed by atoms with Gasteiger partial charge in [0.25, 0.3) is 0 Å². The highest BCUT2D eigenvalue weighted by Crippen LogP contribution is 2.33. The van der Waals surface area contributed by atoms with E-state index in [-0.39, 0.29) is 5.97 Å². The van der Waals surface area contributed by atoms with Crippen molar-refractivity contribution in [1.82, 2.24) is 0 Å². The first-order valence-electron chi connectivity index (χ1n) is 5.69. The molecule has 0 aromatic heterocycles. The second kappa shape index (κ2) is 3.81. The molecule has 0 unspecified atom stereocenters. The SMILES string of the molecule is O=C1C[C@@H]2COc3ccccc3C[C@H]2CO1. The zero-order valence-electron chi connectivity index (χ0n) is 9.02. The van der Waals surface area contributed by atoms with Crippen LogP contribution in [0, 0.1) is 11.8 Å². The standard InChI is InChI=1S/C13H14O3/c14-13-6-11-7-15-12-4-2-1-3-9(12)5-10(11)8-16-13/h1-4,10-11H,5-8H2/t10-,11+/m0/s1. The maximum absolute atomic E-state index is 11.2. The lowest BCUT2D eigenvalue weighted by molar-refractivity contribution is -0.153. The number of cyclic esters (lactones) is 1. The van der Waals surface area contributed by atoms with Crippen LogP contribution in [0.2, 0.25) is 0 Å². The third kappa shape index (κ3) is 1.66. The molecular weight excluding hydrogens is 204 g/mol. The van der Waals surface area contributed by atoms with Crippen molar-refractivity contribution in [3.8, 4) is 5.75 Å². The van der Waals surface area contributed by atoms with Gasteiger partial charge in [0, 0.05) is 11.8 Å². The predicted octanol–water partition coefficient (Wildman–Crippen LogP) is 1.80. The molecule has 1 aromatic rings. The van der Waals surface area contributed by atoms with E-state index in [4.69, 9.17) is 9.47 Å². The molecule has 2 aliphatic heterocycles. The van der Waals surface area contributed by atoms with Crippen LogP contribution in [0.25, 0.3) is 0 Å². The molecule has 1 fully saturated rings. The highest BCUT2D eigenvalue weighted by Gasteiger charge is 2.33. The molecule has 0 N–H and O–H groups in total. The van der Waals surface area contributed by atoms with Crippen LogP contribution in [0.3, 0.4) is 0 Å². The minimum absolute atomic E-state index is 0.0872. The molecule has 3 heteroatoms. The molecule has 0 radical (unpaired) electrons. The molecule has 0 amide bonds. The summed E-state index contributed by atoms with van der Waals surface area (Å²) in [5, 5.41) is 0. The molecule has 3 nitrogen and oxygen atoms in total. The van der Waals surface area contributed by atoms with Gasteiger partial charge >= 0.3 is 5.97 Å². The van der Waals surface area contributed by atoms with Crippen LogP contribution >= 0.6 is 0 Å². The average molecular weight is 218 g/mol. The monoisotopic (exact) mass is 218 g/mol. The maximum Gasteiger partial charge on any atom is 0.306 e. The molecule has 1 saturated heterocycles. The number of hydrogen-bond acceptors (Lipinski definition) is 3. The topological polar surface area (TPSA) is 35.5 Å². The van der Waals surface area contributed by atoms with Crippen LogP contribution < -0.4 is 4.74 Å². The van der Waals surface area contributed by atoms with Gasteiger partial charge in [0.05, 0.1) is 19.6 Å². The number of hydrogen-bond donors (Lipinski definition) is 0. The Balaban J connectivity index is 1.87. The van der Waals surface area contributed by atoms with Crippen LogP contribution in [-0.4, -0.2) is 19.2 Å². The van der Waals surface area contributed by atoms with Crippen LogP contribution in [-0.2, 0) is 16.0 Å². The third-order valence-corrected chi connectivity index (χ3v) is 3.46. The van der Waals surface area contributed by atoms with Crippen molar-refractivity contribution in [3.05, 3.63) is 29.8 Å². The smallest absolute Gasteiger partial charge is 0.306 e. The van der Waals surface area contributed by atoms with Crippen molar-refractivity contribution in [3.63, 3.8) is 0 Å². The van der Waals surface area contributed by atoms with Crippen molar-refractivity contribution in [1.29, 1.82) is 0 Å². The van der Waals surface area contributed by atoms with Crippen molar-refractivity contribution in [2.75, 3.05) is 13.2 Å².